The van der Waals surface area contributed by atoms with Crippen molar-refractivity contribution in [2.24, 2.45) is 0 Å². The summed E-state index contributed by atoms with van der Waals surface area (Å²) in [5.74, 6) is -0.152. The summed E-state index contributed by atoms with van der Waals surface area (Å²) in [6, 6.07) is 7.67. The maximum atomic E-state index is 12.4. The molecule has 1 heterocycles. The number of benzene rings is 1. The summed E-state index contributed by atoms with van der Waals surface area (Å²) in [4.78, 5) is 12.3. The molecule has 0 unspecified atom stereocenters. The molecule has 2 rings (SSSR count). The number of unbranched alkanes of at least 4 members (excludes halogenated alkanes) is 1. The highest BCUT2D eigenvalue weighted by Gasteiger charge is 2.21. The van der Waals surface area contributed by atoms with E-state index in [2.05, 4.69) is 31.4 Å². The van der Waals surface area contributed by atoms with Crippen molar-refractivity contribution in [3.8, 4) is 10.6 Å². The van der Waals surface area contributed by atoms with Gasteiger partial charge in [0.1, 0.15) is 5.01 Å². The van der Waals surface area contributed by atoms with Crippen LogP contribution in [0.3, 0.4) is 0 Å². The van der Waals surface area contributed by atoms with Crippen LogP contribution in [-0.4, -0.2) is 47.7 Å². The molecule has 1 N–H and O–H groups in total. The van der Waals surface area contributed by atoms with Gasteiger partial charge < -0.3 is 5.32 Å². The molecule has 0 fully saturated rings. The van der Waals surface area contributed by atoms with Crippen molar-refractivity contribution in [2.75, 3.05) is 24.2 Å². The van der Waals surface area contributed by atoms with Gasteiger partial charge in [-0.15, -0.1) is 10.2 Å². The first-order chi connectivity index (χ1) is 13.4. The van der Waals surface area contributed by atoms with Crippen molar-refractivity contribution in [1.29, 1.82) is 0 Å². The van der Waals surface area contributed by atoms with Gasteiger partial charge in [0.2, 0.25) is 21.1 Å². The summed E-state index contributed by atoms with van der Waals surface area (Å²) in [6.45, 7) is 4.47. The van der Waals surface area contributed by atoms with Crippen LogP contribution >= 0.6 is 27.3 Å². The van der Waals surface area contributed by atoms with E-state index in [-0.39, 0.29) is 24.6 Å². The van der Waals surface area contributed by atoms with Crippen LogP contribution < -0.4 is 5.32 Å². The van der Waals surface area contributed by atoms with E-state index in [1.165, 1.54) is 15.6 Å². The van der Waals surface area contributed by atoms with Crippen LogP contribution in [0.1, 0.15) is 39.5 Å². The molecule has 0 bridgehead atoms. The van der Waals surface area contributed by atoms with Gasteiger partial charge in [0, 0.05) is 29.5 Å². The molecule has 1 aromatic carbocycles. The van der Waals surface area contributed by atoms with E-state index in [4.69, 9.17) is 0 Å². The minimum atomic E-state index is -3.33. The third-order valence-corrected chi connectivity index (χ3v) is 7.29. The molecule has 28 heavy (non-hydrogen) atoms. The summed E-state index contributed by atoms with van der Waals surface area (Å²) in [5.41, 5.74) is 0.906. The molecule has 0 atom stereocenters. The molecule has 0 aliphatic rings. The SMILES string of the molecule is CCCCS(=O)(=O)N(CCC)CCC(=O)Nc1nnc(-c2cccc(Br)c2)s1. The largest absolute Gasteiger partial charge is 0.300 e. The monoisotopic (exact) mass is 488 g/mol. The van der Waals surface area contributed by atoms with E-state index in [0.29, 0.717) is 29.5 Å². The van der Waals surface area contributed by atoms with Gasteiger partial charge in [-0.3, -0.25) is 4.79 Å². The molecule has 154 valence electrons. The molecule has 0 aliphatic carbocycles. The number of aromatic nitrogens is 2. The number of carbonyl (C=O) groups is 1. The van der Waals surface area contributed by atoms with E-state index in [0.717, 1.165) is 16.5 Å². The number of rotatable bonds is 11. The highest BCUT2D eigenvalue weighted by molar-refractivity contribution is 9.10. The Bertz CT molecular complexity index is 886. The van der Waals surface area contributed by atoms with E-state index < -0.39 is 10.0 Å². The topological polar surface area (TPSA) is 92.3 Å². The Morgan fingerprint density at radius 1 is 1.21 bits per heavy atom. The van der Waals surface area contributed by atoms with Gasteiger partial charge in [0.25, 0.3) is 0 Å². The van der Waals surface area contributed by atoms with Crippen molar-refractivity contribution < 1.29 is 13.2 Å². The summed E-state index contributed by atoms with van der Waals surface area (Å²) < 4.78 is 27.2. The minimum absolute atomic E-state index is 0.0805. The fourth-order valence-corrected chi connectivity index (χ4v) is 5.41. The first-order valence-electron chi connectivity index (χ1n) is 9.22. The highest BCUT2D eigenvalue weighted by Crippen LogP contribution is 2.28. The number of nitrogens with zero attached hydrogens (tertiary/aromatic N) is 3. The van der Waals surface area contributed by atoms with E-state index in [1.807, 2.05) is 38.1 Å². The Kier molecular flexibility index (Phi) is 9.00. The number of carbonyl (C=O) groups excluding carboxylic acids is 1. The first-order valence-corrected chi connectivity index (χ1v) is 12.4. The zero-order valence-electron chi connectivity index (χ0n) is 16.0. The average molecular weight is 489 g/mol. The van der Waals surface area contributed by atoms with Gasteiger partial charge in [-0.1, -0.05) is 59.7 Å². The predicted octanol–water partition coefficient (Wildman–Crippen LogP) is 4.14. The van der Waals surface area contributed by atoms with Crippen LogP contribution in [-0.2, 0) is 14.8 Å². The molecule has 0 saturated heterocycles. The zero-order valence-corrected chi connectivity index (χ0v) is 19.2. The smallest absolute Gasteiger partial charge is 0.227 e. The molecular formula is C18H25BrN4O3S2. The Balaban J connectivity index is 1.94. The van der Waals surface area contributed by atoms with Crippen LogP contribution in [0.15, 0.2) is 28.7 Å². The summed E-state index contributed by atoms with van der Waals surface area (Å²) >= 11 is 4.70. The number of sulfonamides is 1. The number of nitrogens with one attached hydrogen (secondary N) is 1. The third kappa shape index (κ3) is 6.91. The Morgan fingerprint density at radius 2 is 2.00 bits per heavy atom. The first kappa shape index (κ1) is 22.9. The van der Waals surface area contributed by atoms with Crippen molar-refractivity contribution in [2.45, 2.75) is 39.5 Å². The second kappa shape index (κ2) is 11.0. The quantitative estimate of drug-likeness (QED) is 0.512. The molecule has 1 aromatic heterocycles. The second-order valence-electron chi connectivity index (χ2n) is 6.29. The van der Waals surface area contributed by atoms with Gasteiger partial charge in [0.05, 0.1) is 5.75 Å². The molecule has 1 amide bonds. The highest BCUT2D eigenvalue weighted by atomic mass is 79.9. The van der Waals surface area contributed by atoms with Crippen LogP contribution in [0.4, 0.5) is 5.13 Å². The molecule has 10 heteroatoms. The van der Waals surface area contributed by atoms with Gasteiger partial charge in [-0.25, -0.2) is 12.7 Å². The van der Waals surface area contributed by atoms with Gasteiger partial charge in [-0.05, 0) is 25.0 Å². The molecular weight excluding hydrogens is 464 g/mol. The van der Waals surface area contributed by atoms with Gasteiger partial charge >= 0.3 is 0 Å². The summed E-state index contributed by atoms with van der Waals surface area (Å²) in [7, 11) is -3.33. The van der Waals surface area contributed by atoms with Crippen molar-refractivity contribution >= 4 is 48.3 Å². The number of amides is 1. The van der Waals surface area contributed by atoms with E-state index >= 15 is 0 Å². The average Bonchev–Trinajstić information content (AvgIpc) is 3.11. The van der Waals surface area contributed by atoms with Crippen LogP contribution in [0.2, 0.25) is 0 Å². The Morgan fingerprint density at radius 3 is 2.68 bits per heavy atom. The standard InChI is InChI=1S/C18H25BrN4O3S2/c1-3-5-12-28(25,26)23(10-4-2)11-9-16(24)20-18-22-21-17(27-18)14-7-6-8-15(19)13-14/h6-8,13H,3-5,9-12H2,1-2H3,(H,20,22,24). The Labute approximate surface area is 178 Å². The lowest BCUT2D eigenvalue weighted by Crippen LogP contribution is -2.36. The van der Waals surface area contributed by atoms with Crippen molar-refractivity contribution in [1.82, 2.24) is 14.5 Å². The molecule has 0 spiro atoms. The van der Waals surface area contributed by atoms with Crippen molar-refractivity contribution in [3.63, 3.8) is 0 Å². The van der Waals surface area contributed by atoms with Gasteiger partial charge in [-0.2, -0.15) is 0 Å². The Hall–Kier alpha value is -1.36. The third-order valence-electron chi connectivity index (χ3n) is 3.95. The normalized spacial score (nSPS) is 11.7. The second-order valence-corrected chi connectivity index (χ2v) is 10.3. The number of halogens is 1. The van der Waals surface area contributed by atoms with E-state index in [1.54, 1.807) is 0 Å². The fraction of sp³-hybridized carbons (Fsp3) is 0.500. The van der Waals surface area contributed by atoms with Gasteiger partial charge in [0.15, 0.2) is 0 Å². The fourth-order valence-electron chi connectivity index (χ4n) is 2.52. The summed E-state index contributed by atoms with van der Waals surface area (Å²) in [6.07, 6.45) is 2.23. The van der Waals surface area contributed by atoms with Crippen LogP contribution in [0.5, 0.6) is 0 Å². The van der Waals surface area contributed by atoms with E-state index in [9.17, 15) is 13.2 Å². The minimum Gasteiger partial charge on any atom is -0.300 e. The maximum absolute atomic E-state index is 12.4. The number of hydrogen-bond donors (Lipinski definition) is 1. The molecule has 2 aromatic rings. The van der Waals surface area contributed by atoms with Crippen molar-refractivity contribution in [3.05, 3.63) is 28.7 Å². The molecule has 0 radical (unpaired) electrons. The lowest BCUT2D eigenvalue weighted by molar-refractivity contribution is -0.116. The maximum Gasteiger partial charge on any atom is 0.227 e. The number of anilines is 1. The molecule has 7 nitrogen and oxygen atoms in total. The predicted molar refractivity (Wildman–Crippen MR) is 117 cm³/mol. The van der Waals surface area contributed by atoms with Crippen LogP contribution in [0.25, 0.3) is 10.6 Å². The lowest BCUT2D eigenvalue weighted by atomic mass is 10.2. The number of hydrogen-bond acceptors (Lipinski definition) is 6. The summed E-state index contributed by atoms with van der Waals surface area (Å²) in [5, 5.41) is 11.9. The molecule has 0 saturated carbocycles. The lowest BCUT2D eigenvalue weighted by Gasteiger charge is -2.21. The molecule has 0 aliphatic heterocycles. The van der Waals surface area contributed by atoms with Crippen LogP contribution in [0, 0.1) is 0 Å². The zero-order chi connectivity index (χ0) is 20.6.